The number of hydrogen-bond acceptors (Lipinski definition) is 4. The summed E-state index contributed by atoms with van der Waals surface area (Å²) >= 11 is 0. The maximum Gasteiger partial charge on any atom is 0.230 e. The van der Waals surface area contributed by atoms with Crippen LogP contribution in [0.4, 0.5) is 5.82 Å². The Morgan fingerprint density at radius 3 is 2.37 bits per heavy atom. The van der Waals surface area contributed by atoms with E-state index in [2.05, 4.69) is 28.1 Å². The van der Waals surface area contributed by atoms with Crippen molar-refractivity contribution in [2.24, 2.45) is 5.92 Å². The first kappa shape index (κ1) is 18.7. The fourth-order valence-corrected chi connectivity index (χ4v) is 4.44. The summed E-state index contributed by atoms with van der Waals surface area (Å²) in [5.74, 6) is 1.82. The number of pyridine rings is 1. The van der Waals surface area contributed by atoms with Gasteiger partial charge in [-0.3, -0.25) is 4.79 Å². The first-order chi connectivity index (χ1) is 14.8. The number of anilines is 1. The molecule has 2 aromatic carbocycles. The second-order valence-corrected chi connectivity index (χ2v) is 7.87. The van der Waals surface area contributed by atoms with Crippen molar-refractivity contribution in [1.82, 2.24) is 9.88 Å². The predicted molar refractivity (Wildman–Crippen MR) is 116 cm³/mol. The van der Waals surface area contributed by atoms with E-state index in [-0.39, 0.29) is 17.9 Å². The molecular formula is C25H25N3O2. The monoisotopic (exact) mass is 399 g/mol. The lowest BCUT2D eigenvalue weighted by atomic mass is 9.85. The summed E-state index contributed by atoms with van der Waals surface area (Å²) in [4.78, 5) is 22.3. The van der Waals surface area contributed by atoms with Gasteiger partial charge in [0.2, 0.25) is 5.91 Å². The third kappa shape index (κ3) is 3.63. The van der Waals surface area contributed by atoms with Gasteiger partial charge in [0.25, 0.3) is 0 Å². The third-order valence-electron chi connectivity index (χ3n) is 6.04. The summed E-state index contributed by atoms with van der Waals surface area (Å²) in [5, 5.41) is 0. The lowest BCUT2D eigenvalue weighted by Gasteiger charge is -2.40. The highest BCUT2D eigenvalue weighted by Gasteiger charge is 2.39. The number of para-hydroxylation sites is 1. The van der Waals surface area contributed by atoms with E-state index in [4.69, 9.17) is 4.74 Å². The van der Waals surface area contributed by atoms with Crippen LogP contribution in [0.2, 0.25) is 0 Å². The van der Waals surface area contributed by atoms with Crippen LogP contribution < -0.4 is 9.64 Å². The highest BCUT2D eigenvalue weighted by atomic mass is 16.5. The van der Waals surface area contributed by atoms with Crippen LogP contribution >= 0.6 is 0 Å². The van der Waals surface area contributed by atoms with E-state index in [9.17, 15) is 4.79 Å². The zero-order valence-corrected chi connectivity index (χ0v) is 16.9. The highest BCUT2D eigenvalue weighted by molar-refractivity contribution is 5.81. The lowest BCUT2D eigenvalue weighted by Crippen LogP contribution is -2.52. The van der Waals surface area contributed by atoms with Gasteiger partial charge in [-0.2, -0.15) is 0 Å². The van der Waals surface area contributed by atoms with Crippen molar-refractivity contribution < 1.29 is 9.53 Å². The number of aromatic nitrogens is 1. The number of carbonyl (C=O) groups is 1. The van der Waals surface area contributed by atoms with Crippen molar-refractivity contribution in [2.45, 2.75) is 12.5 Å². The zero-order chi connectivity index (χ0) is 20.3. The van der Waals surface area contributed by atoms with Crippen LogP contribution in [0.25, 0.3) is 0 Å². The smallest absolute Gasteiger partial charge is 0.230 e. The molecule has 0 saturated carbocycles. The molecule has 2 atom stereocenters. The molecule has 5 heteroatoms. The van der Waals surface area contributed by atoms with Crippen molar-refractivity contribution in [1.29, 1.82) is 0 Å². The van der Waals surface area contributed by atoms with E-state index in [1.54, 1.807) is 0 Å². The Hall–Kier alpha value is -3.34. The molecule has 0 spiro atoms. The summed E-state index contributed by atoms with van der Waals surface area (Å²) in [6, 6.07) is 24.1. The van der Waals surface area contributed by atoms with Gasteiger partial charge in [-0.1, -0.05) is 54.6 Å². The highest BCUT2D eigenvalue weighted by Crippen LogP contribution is 2.39. The van der Waals surface area contributed by atoms with Gasteiger partial charge in [-0.05, 0) is 35.7 Å². The van der Waals surface area contributed by atoms with Crippen LogP contribution in [-0.4, -0.2) is 42.0 Å². The van der Waals surface area contributed by atoms with E-state index in [0.29, 0.717) is 19.5 Å². The number of amides is 1. The molecule has 1 amide bonds. The Labute approximate surface area is 176 Å². The summed E-state index contributed by atoms with van der Waals surface area (Å²) in [6.45, 7) is 3.00. The molecule has 3 aromatic rings. The number of nitrogens with zero attached hydrogens (tertiary/aromatic N) is 3. The average Bonchev–Trinajstić information content (AvgIpc) is 2.84. The molecule has 2 aliphatic rings. The van der Waals surface area contributed by atoms with Crippen LogP contribution in [0.5, 0.6) is 5.75 Å². The summed E-state index contributed by atoms with van der Waals surface area (Å²) in [5.41, 5.74) is 2.16. The predicted octanol–water partition coefficient (Wildman–Crippen LogP) is 3.72. The number of carbonyl (C=O) groups excluding carboxylic acids is 1. The van der Waals surface area contributed by atoms with E-state index >= 15 is 0 Å². The molecule has 1 fully saturated rings. The molecule has 2 unspecified atom stereocenters. The molecule has 1 saturated heterocycles. The number of benzene rings is 2. The zero-order valence-electron chi connectivity index (χ0n) is 16.9. The fraction of sp³-hybridized carbons (Fsp3) is 0.280. The SMILES string of the molecule is O=C(C1Cc2ccccc2OC1c1ccccc1)N1CCN(c2ccccn2)CC1. The van der Waals surface area contributed by atoms with Crippen molar-refractivity contribution >= 4 is 11.7 Å². The maximum atomic E-state index is 13.6. The van der Waals surface area contributed by atoms with Gasteiger partial charge in [-0.15, -0.1) is 0 Å². The van der Waals surface area contributed by atoms with Crippen LogP contribution in [0.3, 0.4) is 0 Å². The summed E-state index contributed by atoms with van der Waals surface area (Å²) in [7, 11) is 0. The number of ether oxygens (including phenoxy) is 1. The van der Waals surface area contributed by atoms with Crippen LogP contribution in [-0.2, 0) is 11.2 Å². The Balaban J connectivity index is 1.35. The molecule has 3 heterocycles. The molecule has 152 valence electrons. The number of fused-ring (bicyclic) bond motifs is 1. The minimum absolute atomic E-state index is 0.180. The first-order valence-corrected chi connectivity index (χ1v) is 10.5. The molecule has 2 aliphatic heterocycles. The number of hydrogen-bond donors (Lipinski definition) is 0. The molecule has 1 aromatic heterocycles. The third-order valence-corrected chi connectivity index (χ3v) is 6.04. The fourth-order valence-electron chi connectivity index (χ4n) is 4.44. The maximum absolute atomic E-state index is 13.6. The lowest BCUT2D eigenvalue weighted by molar-refractivity contribution is -0.139. The van der Waals surface area contributed by atoms with Crippen molar-refractivity contribution in [2.75, 3.05) is 31.1 Å². The molecule has 0 radical (unpaired) electrons. The quantitative estimate of drug-likeness (QED) is 0.673. The first-order valence-electron chi connectivity index (χ1n) is 10.5. The normalized spacial score (nSPS) is 20.9. The van der Waals surface area contributed by atoms with E-state index < -0.39 is 0 Å². The second kappa shape index (κ2) is 8.19. The van der Waals surface area contributed by atoms with E-state index in [1.165, 1.54) is 0 Å². The summed E-state index contributed by atoms with van der Waals surface area (Å²) in [6.07, 6.45) is 2.26. The Morgan fingerprint density at radius 1 is 0.867 bits per heavy atom. The molecular weight excluding hydrogens is 374 g/mol. The van der Waals surface area contributed by atoms with Crippen LogP contribution in [0.1, 0.15) is 17.2 Å². The standard InChI is InChI=1S/C25H25N3O2/c29-25(28-16-14-27(15-17-28)23-12-6-7-13-26-23)21-18-20-10-4-5-11-22(20)30-24(21)19-8-2-1-3-9-19/h1-13,21,24H,14-18H2. The van der Waals surface area contributed by atoms with Gasteiger partial charge in [0.05, 0.1) is 5.92 Å². The van der Waals surface area contributed by atoms with Crippen molar-refractivity contribution in [3.8, 4) is 5.75 Å². The number of rotatable bonds is 3. The molecule has 0 aliphatic carbocycles. The van der Waals surface area contributed by atoms with Gasteiger partial charge in [-0.25, -0.2) is 4.98 Å². The summed E-state index contributed by atoms with van der Waals surface area (Å²) < 4.78 is 6.37. The minimum atomic E-state index is -0.262. The Bertz CT molecular complexity index is 1000. The molecule has 5 rings (SSSR count). The topological polar surface area (TPSA) is 45.7 Å². The second-order valence-electron chi connectivity index (χ2n) is 7.87. The molecule has 0 N–H and O–H groups in total. The average molecular weight is 399 g/mol. The van der Waals surface area contributed by atoms with Crippen LogP contribution in [0, 0.1) is 5.92 Å². The molecule has 0 bridgehead atoms. The van der Waals surface area contributed by atoms with Gasteiger partial charge in [0.15, 0.2) is 0 Å². The van der Waals surface area contributed by atoms with Crippen LogP contribution in [0.15, 0.2) is 79.0 Å². The van der Waals surface area contributed by atoms with Gasteiger partial charge in [0.1, 0.15) is 17.7 Å². The van der Waals surface area contributed by atoms with Crippen molar-refractivity contribution in [3.05, 3.63) is 90.1 Å². The van der Waals surface area contributed by atoms with Gasteiger partial charge < -0.3 is 14.5 Å². The Morgan fingerprint density at radius 2 is 1.60 bits per heavy atom. The van der Waals surface area contributed by atoms with E-state index in [0.717, 1.165) is 35.8 Å². The van der Waals surface area contributed by atoms with Crippen molar-refractivity contribution in [3.63, 3.8) is 0 Å². The largest absolute Gasteiger partial charge is 0.485 e. The molecule has 30 heavy (non-hydrogen) atoms. The minimum Gasteiger partial charge on any atom is -0.485 e. The Kier molecular flexibility index (Phi) is 5.10. The van der Waals surface area contributed by atoms with E-state index in [1.807, 2.05) is 65.7 Å². The number of piperazine rings is 1. The van der Waals surface area contributed by atoms with Gasteiger partial charge in [0, 0.05) is 32.4 Å². The van der Waals surface area contributed by atoms with Gasteiger partial charge >= 0.3 is 0 Å². The molecule has 5 nitrogen and oxygen atoms in total.